The fourth-order valence-electron chi connectivity index (χ4n) is 2.39. The molecule has 118 valence electrons. The summed E-state index contributed by atoms with van der Waals surface area (Å²) < 4.78 is 40.7. The van der Waals surface area contributed by atoms with Crippen molar-refractivity contribution < 1.29 is 22.3 Å². The van der Waals surface area contributed by atoms with Crippen molar-refractivity contribution in [3.05, 3.63) is 65.5 Å². The smallest absolute Gasteiger partial charge is 0.339 e. The van der Waals surface area contributed by atoms with Crippen LogP contribution in [-0.4, -0.2) is 21.0 Å². The molecular formula is C16H12FNO4S. The summed E-state index contributed by atoms with van der Waals surface area (Å²) >= 11 is 0. The molecule has 2 N–H and O–H groups in total. The number of carbonyl (C=O) groups excluding carboxylic acids is 1. The van der Waals surface area contributed by atoms with Gasteiger partial charge in [-0.1, -0.05) is 24.3 Å². The molecule has 2 aromatic carbocycles. The number of halogens is 1. The number of cyclic esters (lactones) is 1. The third-order valence-electron chi connectivity index (χ3n) is 3.52. The zero-order chi connectivity index (χ0) is 16.6. The molecule has 0 amide bonds. The van der Waals surface area contributed by atoms with Crippen LogP contribution in [0.5, 0.6) is 0 Å². The van der Waals surface area contributed by atoms with Gasteiger partial charge in [0.15, 0.2) is 0 Å². The quantitative estimate of drug-likeness (QED) is 0.870. The van der Waals surface area contributed by atoms with E-state index in [1.807, 2.05) is 0 Å². The van der Waals surface area contributed by atoms with Gasteiger partial charge in [0.25, 0.3) is 0 Å². The van der Waals surface area contributed by atoms with Gasteiger partial charge in [-0.3, -0.25) is 0 Å². The maximum atomic E-state index is 13.0. The van der Waals surface area contributed by atoms with Crippen LogP contribution in [0.25, 0.3) is 11.1 Å². The lowest BCUT2D eigenvalue weighted by atomic mass is 9.97. The van der Waals surface area contributed by atoms with Gasteiger partial charge in [-0.25, -0.2) is 22.7 Å². The molecular weight excluding hydrogens is 321 g/mol. The molecule has 0 unspecified atom stereocenters. The van der Waals surface area contributed by atoms with E-state index in [0.717, 1.165) is 0 Å². The first kappa shape index (κ1) is 15.4. The first-order chi connectivity index (χ1) is 10.9. The lowest BCUT2D eigenvalue weighted by molar-refractivity contribution is -0.133. The Hall–Kier alpha value is -2.51. The van der Waals surface area contributed by atoms with Crippen LogP contribution in [0.4, 0.5) is 4.39 Å². The second-order valence-corrected chi connectivity index (χ2v) is 6.57. The number of rotatable bonds is 3. The molecule has 1 aliphatic rings. The van der Waals surface area contributed by atoms with Gasteiger partial charge in [-0.15, -0.1) is 0 Å². The van der Waals surface area contributed by atoms with Crippen LogP contribution in [0.1, 0.15) is 11.1 Å². The van der Waals surface area contributed by atoms with E-state index in [1.165, 1.54) is 36.4 Å². The van der Waals surface area contributed by atoms with E-state index in [9.17, 15) is 17.6 Å². The Morgan fingerprint density at radius 3 is 2.09 bits per heavy atom. The molecule has 0 radical (unpaired) electrons. The van der Waals surface area contributed by atoms with Crippen LogP contribution in [0.15, 0.2) is 53.4 Å². The number of esters is 1. The maximum absolute atomic E-state index is 13.0. The number of hydrogen-bond donors (Lipinski definition) is 1. The minimum absolute atomic E-state index is 0.0449. The van der Waals surface area contributed by atoms with Crippen LogP contribution in [-0.2, 0) is 19.6 Å². The summed E-state index contributed by atoms with van der Waals surface area (Å²) in [6.07, 6.45) is 0. The van der Waals surface area contributed by atoms with E-state index in [4.69, 9.17) is 9.88 Å². The van der Waals surface area contributed by atoms with Crippen molar-refractivity contribution in [3.8, 4) is 0 Å². The topological polar surface area (TPSA) is 86.5 Å². The lowest BCUT2D eigenvalue weighted by Crippen LogP contribution is -2.12. The van der Waals surface area contributed by atoms with Gasteiger partial charge in [-0.2, -0.15) is 0 Å². The molecule has 5 nitrogen and oxygen atoms in total. The normalized spacial score (nSPS) is 15.0. The Labute approximate surface area is 132 Å². The monoisotopic (exact) mass is 333 g/mol. The summed E-state index contributed by atoms with van der Waals surface area (Å²) in [7, 11) is -3.80. The SMILES string of the molecule is NS(=O)(=O)c1ccc(C2=C(c3ccc(F)cc3)COC2=O)cc1. The number of carbonyl (C=O) groups is 1. The molecule has 0 atom stereocenters. The molecule has 0 saturated heterocycles. The van der Waals surface area contributed by atoms with Gasteiger partial charge in [0.05, 0.1) is 10.5 Å². The number of ether oxygens (including phenoxy) is 1. The highest BCUT2D eigenvalue weighted by molar-refractivity contribution is 7.89. The van der Waals surface area contributed by atoms with Crippen LogP contribution in [0, 0.1) is 5.82 Å². The fraction of sp³-hybridized carbons (Fsp3) is 0.0625. The van der Waals surface area contributed by atoms with Gasteiger partial charge < -0.3 is 4.74 Å². The van der Waals surface area contributed by atoms with Gasteiger partial charge in [0.2, 0.25) is 10.0 Å². The van der Waals surface area contributed by atoms with Crippen molar-refractivity contribution >= 4 is 27.1 Å². The van der Waals surface area contributed by atoms with E-state index in [-0.39, 0.29) is 17.3 Å². The van der Waals surface area contributed by atoms with Gasteiger partial charge in [-0.05, 0) is 35.4 Å². The Balaban J connectivity index is 2.09. The molecule has 7 heteroatoms. The standard InChI is InChI=1S/C16H12FNO4S/c17-12-5-1-10(2-6-12)14-9-22-16(19)15(14)11-3-7-13(8-4-11)23(18,20)21/h1-8H,9H2,(H2,18,20,21). The summed E-state index contributed by atoms with van der Waals surface area (Å²) in [4.78, 5) is 12.0. The highest BCUT2D eigenvalue weighted by Crippen LogP contribution is 2.33. The highest BCUT2D eigenvalue weighted by Gasteiger charge is 2.27. The Bertz CT molecular complexity index is 900. The van der Waals surface area contributed by atoms with Crippen LogP contribution >= 0.6 is 0 Å². The van der Waals surface area contributed by atoms with E-state index in [2.05, 4.69) is 0 Å². The second-order valence-electron chi connectivity index (χ2n) is 5.01. The fourth-order valence-corrected chi connectivity index (χ4v) is 2.90. The molecule has 3 rings (SSSR count). The largest absolute Gasteiger partial charge is 0.457 e. The number of nitrogens with two attached hydrogens (primary N) is 1. The molecule has 2 aromatic rings. The summed E-state index contributed by atoms with van der Waals surface area (Å²) in [6, 6.07) is 11.4. The Morgan fingerprint density at radius 2 is 1.52 bits per heavy atom. The number of sulfonamides is 1. The molecule has 0 spiro atoms. The van der Waals surface area contributed by atoms with Crippen molar-refractivity contribution in [2.24, 2.45) is 5.14 Å². The minimum Gasteiger partial charge on any atom is -0.457 e. The average Bonchev–Trinajstić information content (AvgIpc) is 2.89. The third-order valence-corrected chi connectivity index (χ3v) is 4.45. The lowest BCUT2D eigenvalue weighted by Gasteiger charge is -2.05. The van der Waals surface area contributed by atoms with Crippen molar-refractivity contribution in [2.45, 2.75) is 4.90 Å². The van der Waals surface area contributed by atoms with Gasteiger partial charge >= 0.3 is 5.97 Å². The molecule has 23 heavy (non-hydrogen) atoms. The van der Waals surface area contributed by atoms with Gasteiger partial charge in [0, 0.05) is 5.57 Å². The van der Waals surface area contributed by atoms with Gasteiger partial charge in [0.1, 0.15) is 12.4 Å². The predicted octanol–water partition coefficient (Wildman–Crippen LogP) is 1.94. The maximum Gasteiger partial charge on any atom is 0.339 e. The van der Waals surface area contributed by atoms with E-state index < -0.39 is 16.0 Å². The zero-order valence-corrected chi connectivity index (χ0v) is 12.6. The first-order valence-electron chi connectivity index (χ1n) is 6.66. The molecule has 1 heterocycles. The van der Waals surface area contributed by atoms with Crippen LogP contribution < -0.4 is 5.14 Å². The van der Waals surface area contributed by atoms with E-state index in [0.29, 0.717) is 22.3 Å². The minimum atomic E-state index is -3.80. The number of primary sulfonamides is 1. The highest BCUT2D eigenvalue weighted by atomic mass is 32.2. The summed E-state index contributed by atoms with van der Waals surface area (Å²) in [6.45, 7) is 0.0801. The molecule has 0 saturated carbocycles. The molecule has 0 bridgehead atoms. The number of benzene rings is 2. The summed E-state index contributed by atoms with van der Waals surface area (Å²) in [5, 5.41) is 5.05. The molecule has 0 aromatic heterocycles. The van der Waals surface area contributed by atoms with E-state index >= 15 is 0 Å². The van der Waals surface area contributed by atoms with E-state index in [1.54, 1.807) is 12.1 Å². The Morgan fingerprint density at radius 1 is 0.957 bits per heavy atom. The second kappa shape index (κ2) is 5.60. The van der Waals surface area contributed by atoms with Crippen LogP contribution in [0.2, 0.25) is 0 Å². The number of hydrogen-bond acceptors (Lipinski definition) is 4. The summed E-state index contributed by atoms with van der Waals surface area (Å²) in [5.41, 5.74) is 2.14. The predicted molar refractivity (Wildman–Crippen MR) is 82.0 cm³/mol. The Kier molecular flexibility index (Phi) is 3.75. The van der Waals surface area contributed by atoms with Crippen molar-refractivity contribution in [2.75, 3.05) is 6.61 Å². The first-order valence-corrected chi connectivity index (χ1v) is 8.20. The zero-order valence-electron chi connectivity index (χ0n) is 11.8. The third kappa shape index (κ3) is 3.01. The molecule has 1 aliphatic heterocycles. The van der Waals surface area contributed by atoms with Crippen LogP contribution in [0.3, 0.4) is 0 Å². The molecule has 0 fully saturated rings. The average molecular weight is 333 g/mol. The van der Waals surface area contributed by atoms with Crippen molar-refractivity contribution in [3.63, 3.8) is 0 Å². The summed E-state index contributed by atoms with van der Waals surface area (Å²) in [5.74, 6) is -0.883. The molecule has 0 aliphatic carbocycles. The van der Waals surface area contributed by atoms with Crippen molar-refractivity contribution in [1.29, 1.82) is 0 Å². The van der Waals surface area contributed by atoms with Crippen molar-refractivity contribution in [1.82, 2.24) is 0 Å².